The third kappa shape index (κ3) is 6.74. The van der Waals surface area contributed by atoms with Crippen molar-refractivity contribution in [3.8, 4) is 5.88 Å². The number of methoxy groups -OCH3 is 1. The topological polar surface area (TPSA) is 108 Å². The van der Waals surface area contributed by atoms with Gasteiger partial charge in [0.2, 0.25) is 17.7 Å². The predicted molar refractivity (Wildman–Crippen MR) is 192 cm³/mol. The average molecular weight is 702 g/mol. The highest BCUT2D eigenvalue weighted by molar-refractivity contribution is 6.34. The summed E-state index contributed by atoms with van der Waals surface area (Å²) in [7, 11) is 1.62. The molecule has 1 aromatic carbocycles. The molecule has 4 aliphatic rings. The highest BCUT2D eigenvalue weighted by Gasteiger charge is 2.46. The van der Waals surface area contributed by atoms with E-state index in [1.165, 1.54) is 5.56 Å². The Morgan fingerprint density at radius 3 is 2.63 bits per heavy atom. The number of carbonyl (C=O) groups is 2. The van der Waals surface area contributed by atoms with Gasteiger partial charge in [0.1, 0.15) is 0 Å². The number of alkyl halides is 1. The Balaban J connectivity index is 1.23. The van der Waals surface area contributed by atoms with E-state index in [9.17, 15) is 9.59 Å². The number of hydrogen-bond donors (Lipinski definition) is 3. The van der Waals surface area contributed by atoms with E-state index in [1.54, 1.807) is 7.11 Å². The number of aromatic nitrogens is 2. The van der Waals surface area contributed by atoms with E-state index in [4.69, 9.17) is 37.9 Å². The molecule has 3 aromatic rings. The van der Waals surface area contributed by atoms with Crippen LogP contribution in [0.3, 0.4) is 0 Å². The quantitative estimate of drug-likeness (QED) is 0.224. The van der Waals surface area contributed by atoms with Gasteiger partial charge >= 0.3 is 0 Å². The van der Waals surface area contributed by atoms with E-state index in [0.29, 0.717) is 42.7 Å². The second-order valence-electron chi connectivity index (χ2n) is 13.3. The lowest BCUT2D eigenvalue weighted by atomic mass is 9.70. The maximum atomic E-state index is 12.1. The Hall–Kier alpha value is -3.76. The van der Waals surface area contributed by atoms with Crippen molar-refractivity contribution in [3.63, 3.8) is 0 Å². The Kier molecular flexibility index (Phi) is 10.1. The first-order valence-corrected chi connectivity index (χ1v) is 18.0. The van der Waals surface area contributed by atoms with E-state index >= 15 is 0 Å². The van der Waals surface area contributed by atoms with E-state index in [2.05, 4.69) is 34.2 Å². The van der Waals surface area contributed by atoms with Crippen molar-refractivity contribution in [2.24, 2.45) is 0 Å². The van der Waals surface area contributed by atoms with Gasteiger partial charge in [-0.05, 0) is 67.0 Å². The molecule has 256 valence electrons. The van der Waals surface area contributed by atoms with Crippen LogP contribution >= 0.6 is 23.2 Å². The maximum Gasteiger partial charge on any atom is 0.223 e. The molecule has 0 spiro atoms. The second-order valence-corrected chi connectivity index (χ2v) is 14.1. The minimum absolute atomic E-state index is 0.127. The van der Waals surface area contributed by atoms with Crippen LogP contribution < -0.4 is 20.7 Å². The standard InChI is InChI=1S/C38H42Cl2N6O3/c1-49-37-24(21-41-23-46-20-6-12-35(46)48)13-16-33(45-37)38(19-5-8-27(36(38)40)26-7-2-3-9-29(26)39)32-17-15-28-30(10-4-11-31(28)44-32)42-22-25-14-18-34(47)43-25/h2-3,5,7-9,13,15-17,19,25,30,36,41-42H,4,6,10-12,14,18,20-23H2,1H3,(H,43,47)/t25-,30-,36?,38?/m0/s1. The zero-order valence-corrected chi connectivity index (χ0v) is 29.2. The number of benzene rings is 1. The lowest BCUT2D eigenvalue weighted by Crippen LogP contribution is -2.41. The lowest BCUT2D eigenvalue weighted by Gasteiger charge is -2.39. The van der Waals surface area contributed by atoms with Crippen molar-refractivity contribution < 1.29 is 14.3 Å². The molecule has 2 saturated heterocycles. The SMILES string of the molecule is COc1nc(C2(c3ccc4c(n3)CCC[C@@H]4NC[C@@H]3CCC(=O)N3)C=CC=C(c3ccccc3Cl)C2Cl)ccc1CNCN1CCCC1=O. The van der Waals surface area contributed by atoms with Gasteiger partial charge in [0, 0.05) is 60.8 Å². The van der Waals surface area contributed by atoms with Crippen molar-refractivity contribution in [1.82, 2.24) is 30.8 Å². The average Bonchev–Trinajstić information content (AvgIpc) is 3.74. The molecule has 2 aliphatic heterocycles. The normalized spacial score (nSPS) is 24.9. The van der Waals surface area contributed by atoms with Gasteiger partial charge in [0.15, 0.2) is 0 Å². The fourth-order valence-corrected chi connectivity index (χ4v) is 8.36. The molecule has 2 fully saturated rings. The second kappa shape index (κ2) is 14.6. The third-order valence-electron chi connectivity index (χ3n) is 10.2. The van der Waals surface area contributed by atoms with Crippen LogP contribution in [0.25, 0.3) is 5.57 Å². The summed E-state index contributed by atoms with van der Waals surface area (Å²) >= 11 is 14.4. The highest BCUT2D eigenvalue weighted by atomic mass is 35.5. The van der Waals surface area contributed by atoms with Gasteiger partial charge in [0.25, 0.3) is 0 Å². The Morgan fingerprint density at radius 1 is 1.02 bits per heavy atom. The lowest BCUT2D eigenvalue weighted by molar-refractivity contribution is -0.128. The summed E-state index contributed by atoms with van der Waals surface area (Å²) in [6.07, 6.45) is 12.0. The number of nitrogens with one attached hydrogen (secondary N) is 3. The summed E-state index contributed by atoms with van der Waals surface area (Å²) in [5.74, 6) is 0.794. The molecule has 4 heterocycles. The van der Waals surface area contributed by atoms with Crippen molar-refractivity contribution in [3.05, 3.63) is 106 Å². The summed E-state index contributed by atoms with van der Waals surface area (Å²) in [5.41, 5.74) is 5.44. The molecule has 0 saturated carbocycles. The molecule has 2 aliphatic carbocycles. The Morgan fingerprint density at radius 2 is 1.86 bits per heavy atom. The number of aryl methyl sites for hydroxylation is 1. The zero-order chi connectivity index (χ0) is 34.0. The van der Waals surface area contributed by atoms with E-state index in [1.807, 2.05) is 53.5 Å². The molecule has 49 heavy (non-hydrogen) atoms. The molecule has 7 rings (SSSR count). The molecule has 0 bridgehead atoms. The van der Waals surface area contributed by atoms with Crippen molar-refractivity contribution >= 4 is 40.6 Å². The Labute approximate surface area is 297 Å². The van der Waals surface area contributed by atoms with Gasteiger partial charge in [-0.25, -0.2) is 4.98 Å². The minimum atomic E-state index is -0.935. The summed E-state index contributed by atoms with van der Waals surface area (Å²) in [5, 5.41) is 10.2. The van der Waals surface area contributed by atoms with Gasteiger partial charge in [0.05, 0.1) is 36.0 Å². The number of pyridine rings is 2. The van der Waals surface area contributed by atoms with Gasteiger partial charge in [-0.1, -0.05) is 60.2 Å². The van der Waals surface area contributed by atoms with Crippen LogP contribution in [0, 0.1) is 0 Å². The molecular weight excluding hydrogens is 659 g/mol. The first-order valence-electron chi connectivity index (χ1n) is 17.2. The fourth-order valence-electron chi connectivity index (χ4n) is 7.62. The zero-order valence-electron chi connectivity index (χ0n) is 27.7. The van der Waals surface area contributed by atoms with Crippen LogP contribution in [0.2, 0.25) is 5.02 Å². The van der Waals surface area contributed by atoms with Gasteiger partial charge in [-0.3, -0.25) is 19.9 Å². The van der Waals surface area contributed by atoms with Crippen LogP contribution in [-0.4, -0.2) is 65.0 Å². The minimum Gasteiger partial charge on any atom is -0.481 e. The molecule has 3 N–H and O–H groups in total. The van der Waals surface area contributed by atoms with Gasteiger partial charge in [-0.2, -0.15) is 0 Å². The van der Waals surface area contributed by atoms with Gasteiger partial charge < -0.3 is 20.3 Å². The summed E-state index contributed by atoms with van der Waals surface area (Å²) in [6.45, 7) is 2.49. The largest absolute Gasteiger partial charge is 0.481 e. The maximum absolute atomic E-state index is 12.1. The number of ether oxygens (including phenoxy) is 1. The van der Waals surface area contributed by atoms with Crippen LogP contribution in [0.1, 0.15) is 78.3 Å². The first-order chi connectivity index (χ1) is 23.9. The number of rotatable bonds is 11. The van der Waals surface area contributed by atoms with E-state index in [0.717, 1.165) is 73.3 Å². The van der Waals surface area contributed by atoms with Crippen molar-refractivity contribution in [1.29, 1.82) is 0 Å². The molecule has 4 atom stereocenters. The molecule has 2 aromatic heterocycles. The van der Waals surface area contributed by atoms with Crippen LogP contribution in [0.4, 0.5) is 0 Å². The summed E-state index contributed by atoms with van der Waals surface area (Å²) < 4.78 is 5.86. The number of nitrogens with zero attached hydrogens (tertiary/aromatic N) is 3. The molecule has 2 unspecified atom stereocenters. The van der Waals surface area contributed by atoms with E-state index < -0.39 is 10.8 Å². The van der Waals surface area contributed by atoms with Crippen LogP contribution in [-0.2, 0) is 28.0 Å². The number of halogens is 2. The fraction of sp³-hybridized carbons (Fsp3) is 0.421. The molecule has 0 radical (unpaired) electrons. The molecular formula is C38H42Cl2N6O3. The monoisotopic (exact) mass is 700 g/mol. The number of amides is 2. The molecule has 9 nitrogen and oxygen atoms in total. The molecule has 11 heteroatoms. The number of likely N-dealkylation sites (tertiary alicyclic amines) is 1. The Bertz CT molecular complexity index is 1800. The number of fused-ring (bicyclic) bond motifs is 1. The van der Waals surface area contributed by atoms with Gasteiger partial charge in [-0.15, -0.1) is 11.6 Å². The third-order valence-corrected chi connectivity index (χ3v) is 11.2. The number of hydrogen-bond acceptors (Lipinski definition) is 7. The first kappa shape index (κ1) is 33.7. The smallest absolute Gasteiger partial charge is 0.223 e. The van der Waals surface area contributed by atoms with Crippen LogP contribution in [0.15, 0.2) is 66.8 Å². The van der Waals surface area contributed by atoms with E-state index in [-0.39, 0.29) is 23.9 Å². The predicted octanol–water partition coefficient (Wildman–Crippen LogP) is 5.60. The summed E-state index contributed by atoms with van der Waals surface area (Å²) in [6, 6.07) is 16.4. The van der Waals surface area contributed by atoms with Crippen molar-refractivity contribution in [2.45, 2.75) is 74.4 Å². The molecule has 2 amide bonds. The summed E-state index contributed by atoms with van der Waals surface area (Å²) in [4.78, 5) is 36.2. The highest BCUT2D eigenvalue weighted by Crippen LogP contribution is 2.48. The number of carbonyl (C=O) groups excluding carboxylic acids is 2. The number of allylic oxidation sites excluding steroid dienone is 4. The van der Waals surface area contributed by atoms with Crippen molar-refractivity contribution in [2.75, 3.05) is 26.9 Å². The van der Waals surface area contributed by atoms with Crippen LogP contribution in [0.5, 0.6) is 5.88 Å².